The van der Waals surface area contributed by atoms with Crippen LogP contribution in [-0.4, -0.2) is 14.9 Å². The summed E-state index contributed by atoms with van der Waals surface area (Å²) in [5.41, 5.74) is 14.6. The Kier molecular flexibility index (Phi) is 3.65. The van der Waals surface area contributed by atoms with Gasteiger partial charge >= 0.3 is 0 Å². The fourth-order valence-corrected chi connectivity index (χ4v) is 2.94. The lowest BCUT2D eigenvalue weighted by Crippen LogP contribution is -2.19. The van der Waals surface area contributed by atoms with E-state index in [1.807, 2.05) is 12.1 Å². The highest BCUT2D eigenvalue weighted by Crippen LogP contribution is 2.36. The molecule has 3 rings (SSSR count). The molecule has 1 aliphatic rings. The highest BCUT2D eigenvalue weighted by Gasteiger charge is 2.30. The highest BCUT2D eigenvalue weighted by atomic mass is 35.5. The Morgan fingerprint density at radius 3 is 2.71 bits per heavy atom. The van der Waals surface area contributed by atoms with E-state index in [-0.39, 0.29) is 12.0 Å². The third kappa shape index (κ3) is 2.64. The number of nitrogens with two attached hydrogens (primary N) is 2. The van der Waals surface area contributed by atoms with Crippen LogP contribution in [0.1, 0.15) is 29.8 Å². The van der Waals surface area contributed by atoms with Gasteiger partial charge in [0, 0.05) is 18.7 Å². The molecule has 0 amide bonds. The molecule has 1 unspecified atom stereocenters. The van der Waals surface area contributed by atoms with Crippen LogP contribution in [0, 0.1) is 0 Å². The van der Waals surface area contributed by atoms with Crippen molar-refractivity contribution in [2.45, 2.75) is 26.1 Å². The van der Waals surface area contributed by atoms with Crippen LogP contribution in [0.2, 0.25) is 10.0 Å². The summed E-state index contributed by atoms with van der Waals surface area (Å²) in [4.78, 5) is 10.6. The fourth-order valence-electron chi connectivity index (χ4n) is 2.62. The van der Waals surface area contributed by atoms with E-state index in [9.17, 15) is 0 Å². The second-order valence-corrected chi connectivity index (χ2v) is 5.97. The maximum absolute atomic E-state index is 6.06. The number of fused-ring (bicyclic) bond motifs is 1. The van der Waals surface area contributed by atoms with Crippen molar-refractivity contribution in [3.63, 3.8) is 0 Å². The lowest BCUT2D eigenvalue weighted by Gasteiger charge is -2.21. The number of hydrogen-bond donors (Lipinski definition) is 2. The first-order chi connectivity index (χ1) is 9.95. The Hall–Kier alpha value is -1.56. The third-order valence-corrected chi connectivity index (χ3v) is 4.50. The predicted octanol–water partition coefficient (Wildman–Crippen LogP) is 3.02. The highest BCUT2D eigenvalue weighted by molar-refractivity contribution is 6.42. The number of hydrogen-bond acceptors (Lipinski definition) is 5. The molecule has 2 heterocycles. The van der Waals surface area contributed by atoms with Gasteiger partial charge in [-0.25, -0.2) is 4.98 Å². The minimum atomic E-state index is 0.127. The van der Waals surface area contributed by atoms with E-state index in [0.29, 0.717) is 22.4 Å². The molecule has 1 aromatic heterocycles. The van der Waals surface area contributed by atoms with Gasteiger partial charge in [0.25, 0.3) is 0 Å². The summed E-state index contributed by atoms with van der Waals surface area (Å²) in [6.07, 6.45) is 0. The molecule has 0 radical (unpaired) electrons. The van der Waals surface area contributed by atoms with E-state index >= 15 is 0 Å². The van der Waals surface area contributed by atoms with Crippen molar-refractivity contribution >= 4 is 35.0 Å². The first-order valence-electron chi connectivity index (χ1n) is 6.55. The summed E-state index contributed by atoms with van der Waals surface area (Å²) >= 11 is 12.0. The normalized spacial score (nSPS) is 18.0. The van der Waals surface area contributed by atoms with Crippen LogP contribution in [0.5, 0.6) is 0 Å². The molecule has 0 spiro atoms. The van der Waals surface area contributed by atoms with Gasteiger partial charge in [-0.15, -0.1) is 0 Å². The number of nitrogens with zero attached hydrogens (tertiary/aromatic N) is 3. The van der Waals surface area contributed by atoms with Crippen LogP contribution in [0.4, 0.5) is 11.8 Å². The van der Waals surface area contributed by atoms with Gasteiger partial charge in [0.15, 0.2) is 0 Å². The van der Waals surface area contributed by atoms with Gasteiger partial charge < -0.3 is 11.5 Å². The molecule has 5 nitrogen and oxygen atoms in total. The average Bonchev–Trinajstić information content (AvgIpc) is 2.72. The topological polar surface area (TPSA) is 81.1 Å². The quantitative estimate of drug-likeness (QED) is 0.887. The van der Waals surface area contributed by atoms with Crippen LogP contribution >= 0.6 is 23.2 Å². The number of aromatic nitrogens is 2. The van der Waals surface area contributed by atoms with E-state index in [4.69, 9.17) is 34.7 Å². The number of anilines is 2. The minimum absolute atomic E-state index is 0.127. The van der Waals surface area contributed by atoms with Crippen molar-refractivity contribution in [2.24, 2.45) is 0 Å². The molecule has 7 heteroatoms. The van der Waals surface area contributed by atoms with Crippen LogP contribution in [0.3, 0.4) is 0 Å². The molecular weight excluding hydrogens is 309 g/mol. The molecule has 0 saturated carbocycles. The Morgan fingerprint density at radius 2 is 2.00 bits per heavy atom. The van der Waals surface area contributed by atoms with Crippen molar-refractivity contribution in [3.8, 4) is 0 Å². The second-order valence-electron chi connectivity index (χ2n) is 5.16. The SMILES string of the molecule is CC1c2nc(N)nc(N)c2CN1Cc1ccc(Cl)c(Cl)c1. The van der Waals surface area contributed by atoms with Gasteiger partial charge in [-0.1, -0.05) is 29.3 Å². The molecule has 0 fully saturated rings. The summed E-state index contributed by atoms with van der Waals surface area (Å²) in [5, 5.41) is 1.11. The van der Waals surface area contributed by atoms with Gasteiger partial charge in [-0.05, 0) is 24.6 Å². The molecule has 1 aliphatic heterocycles. The van der Waals surface area contributed by atoms with Gasteiger partial charge in [0.05, 0.1) is 21.8 Å². The molecule has 0 saturated heterocycles. The van der Waals surface area contributed by atoms with Gasteiger partial charge in [-0.2, -0.15) is 4.98 Å². The molecule has 1 aromatic carbocycles. The van der Waals surface area contributed by atoms with Gasteiger partial charge in [0.1, 0.15) is 5.82 Å². The van der Waals surface area contributed by atoms with Crippen molar-refractivity contribution in [1.82, 2.24) is 14.9 Å². The first-order valence-corrected chi connectivity index (χ1v) is 7.31. The molecular formula is C14H15Cl2N5. The van der Waals surface area contributed by atoms with Crippen molar-refractivity contribution < 1.29 is 0 Å². The zero-order chi connectivity index (χ0) is 15.1. The van der Waals surface area contributed by atoms with Crippen LogP contribution in [-0.2, 0) is 13.1 Å². The smallest absolute Gasteiger partial charge is 0.222 e. The van der Waals surface area contributed by atoms with E-state index < -0.39 is 0 Å². The zero-order valence-corrected chi connectivity index (χ0v) is 13.0. The molecule has 110 valence electrons. The summed E-state index contributed by atoms with van der Waals surface area (Å²) in [6, 6.07) is 5.78. The molecule has 21 heavy (non-hydrogen) atoms. The largest absolute Gasteiger partial charge is 0.383 e. The summed E-state index contributed by atoms with van der Waals surface area (Å²) in [7, 11) is 0. The zero-order valence-electron chi connectivity index (χ0n) is 11.5. The summed E-state index contributed by atoms with van der Waals surface area (Å²) < 4.78 is 0. The molecule has 0 aliphatic carbocycles. The third-order valence-electron chi connectivity index (χ3n) is 3.76. The maximum Gasteiger partial charge on any atom is 0.222 e. The molecule has 2 aromatic rings. The molecule has 4 N–H and O–H groups in total. The predicted molar refractivity (Wildman–Crippen MR) is 85.0 cm³/mol. The number of nitrogen functional groups attached to an aromatic ring is 2. The fraction of sp³-hybridized carbons (Fsp3) is 0.286. The van der Waals surface area contributed by atoms with Crippen LogP contribution in [0.15, 0.2) is 18.2 Å². The summed E-state index contributed by atoms with van der Waals surface area (Å²) in [6.45, 7) is 3.51. The molecule has 1 atom stereocenters. The molecule has 0 bridgehead atoms. The lowest BCUT2D eigenvalue weighted by molar-refractivity contribution is 0.218. The van der Waals surface area contributed by atoms with E-state index in [1.165, 1.54) is 0 Å². The average molecular weight is 324 g/mol. The Labute approximate surface area is 132 Å². The first kappa shape index (κ1) is 14.4. The standard InChI is InChI=1S/C14H15Cl2N5/c1-7-12-9(13(17)20-14(18)19-12)6-21(7)5-8-2-3-10(15)11(16)4-8/h2-4,7H,5-6H2,1H3,(H4,17,18,19,20). The van der Waals surface area contributed by atoms with Gasteiger partial charge in [-0.3, -0.25) is 4.90 Å². The van der Waals surface area contributed by atoms with Crippen molar-refractivity contribution in [2.75, 3.05) is 11.5 Å². The Balaban J connectivity index is 1.86. The second kappa shape index (κ2) is 5.33. The Bertz CT molecular complexity index is 704. The minimum Gasteiger partial charge on any atom is -0.383 e. The van der Waals surface area contributed by atoms with E-state index in [1.54, 1.807) is 6.07 Å². The maximum atomic E-state index is 6.06. The van der Waals surface area contributed by atoms with E-state index in [2.05, 4.69) is 21.8 Å². The van der Waals surface area contributed by atoms with Crippen LogP contribution in [0.25, 0.3) is 0 Å². The monoisotopic (exact) mass is 323 g/mol. The van der Waals surface area contributed by atoms with Crippen LogP contribution < -0.4 is 11.5 Å². The summed E-state index contributed by atoms with van der Waals surface area (Å²) in [5.74, 6) is 0.676. The van der Waals surface area contributed by atoms with Crippen molar-refractivity contribution in [1.29, 1.82) is 0 Å². The van der Waals surface area contributed by atoms with E-state index in [0.717, 1.165) is 23.4 Å². The number of halogens is 2. The lowest BCUT2D eigenvalue weighted by atomic mass is 10.2. The van der Waals surface area contributed by atoms with Gasteiger partial charge in [0.2, 0.25) is 5.95 Å². The number of rotatable bonds is 2. The Morgan fingerprint density at radius 1 is 1.24 bits per heavy atom. The number of benzene rings is 1. The van der Waals surface area contributed by atoms with Crippen molar-refractivity contribution in [3.05, 3.63) is 45.1 Å².